The van der Waals surface area contributed by atoms with Crippen molar-refractivity contribution in [1.82, 2.24) is 10.3 Å². The molecule has 0 radical (unpaired) electrons. The van der Waals surface area contributed by atoms with Gasteiger partial charge in [0.2, 0.25) is 9.84 Å². The van der Waals surface area contributed by atoms with E-state index in [2.05, 4.69) is 10.3 Å². The Morgan fingerprint density at radius 2 is 1.74 bits per heavy atom. The number of sulfone groups is 1. The van der Waals surface area contributed by atoms with Gasteiger partial charge in [0.15, 0.2) is 5.37 Å². The number of nitrogens with one attached hydrogen (secondary N) is 1. The number of carbonyl (C=O) groups is 1. The molecule has 1 unspecified atom stereocenters. The summed E-state index contributed by atoms with van der Waals surface area (Å²) in [5.74, 6) is -0.620. The van der Waals surface area contributed by atoms with Crippen LogP contribution >= 0.6 is 11.3 Å². The summed E-state index contributed by atoms with van der Waals surface area (Å²) in [7, 11) is -3.81. The molecule has 0 aliphatic carbocycles. The molecule has 0 aliphatic rings. The third-order valence-electron chi connectivity index (χ3n) is 4.31. The third-order valence-corrected chi connectivity index (χ3v) is 7.21. The largest absolute Gasteiger partial charge is 0.390 e. The molecule has 3 rings (SSSR count). The van der Waals surface area contributed by atoms with E-state index >= 15 is 0 Å². The Labute approximate surface area is 180 Å². The maximum Gasteiger partial charge on any atom is 0.390 e. The highest BCUT2D eigenvalue weighted by atomic mass is 32.2. The molecule has 0 fully saturated rings. The SMILES string of the molecule is NC(c1nc(-c2ccc(C(=O)NCCC(F)(F)F)cc2)cs1)S(=O)(=O)c1ccccc1. The number of halogens is 3. The zero-order valence-corrected chi connectivity index (χ0v) is 17.6. The maximum atomic E-state index is 12.7. The van der Waals surface area contributed by atoms with Gasteiger partial charge in [-0.05, 0) is 24.3 Å². The molecule has 0 bridgehead atoms. The Hall–Kier alpha value is -2.76. The molecule has 3 N–H and O–H groups in total. The number of nitrogens with two attached hydrogens (primary N) is 1. The van der Waals surface area contributed by atoms with Crippen LogP contribution in [0, 0.1) is 0 Å². The van der Waals surface area contributed by atoms with Crippen molar-refractivity contribution >= 4 is 27.1 Å². The number of amides is 1. The van der Waals surface area contributed by atoms with Gasteiger partial charge >= 0.3 is 6.18 Å². The number of nitrogens with zero attached hydrogens (tertiary/aromatic N) is 1. The van der Waals surface area contributed by atoms with Gasteiger partial charge < -0.3 is 11.1 Å². The van der Waals surface area contributed by atoms with Crippen molar-refractivity contribution in [3.63, 3.8) is 0 Å². The first-order valence-corrected chi connectivity index (χ1v) is 11.5. The molecule has 11 heteroatoms. The summed E-state index contributed by atoms with van der Waals surface area (Å²) in [4.78, 5) is 16.4. The number of carbonyl (C=O) groups excluding carboxylic acids is 1. The number of benzene rings is 2. The molecule has 31 heavy (non-hydrogen) atoms. The van der Waals surface area contributed by atoms with Gasteiger partial charge in [0.05, 0.1) is 17.0 Å². The predicted octanol–water partition coefficient (Wildman–Crippen LogP) is 3.92. The number of hydrogen-bond donors (Lipinski definition) is 2. The second kappa shape index (κ2) is 9.16. The van der Waals surface area contributed by atoms with Crippen LogP contribution in [0.5, 0.6) is 0 Å². The summed E-state index contributed by atoms with van der Waals surface area (Å²) in [6.45, 7) is -0.507. The summed E-state index contributed by atoms with van der Waals surface area (Å²) in [6, 6.07) is 13.9. The van der Waals surface area contributed by atoms with Gasteiger partial charge in [-0.1, -0.05) is 30.3 Å². The first-order valence-electron chi connectivity index (χ1n) is 9.03. The van der Waals surface area contributed by atoms with Crippen molar-refractivity contribution in [2.24, 2.45) is 5.73 Å². The lowest BCUT2D eigenvalue weighted by Crippen LogP contribution is -2.27. The van der Waals surface area contributed by atoms with Gasteiger partial charge in [0, 0.05) is 23.1 Å². The van der Waals surface area contributed by atoms with Crippen molar-refractivity contribution in [1.29, 1.82) is 0 Å². The van der Waals surface area contributed by atoms with Crippen LogP contribution in [0.3, 0.4) is 0 Å². The second-order valence-electron chi connectivity index (χ2n) is 6.55. The molecule has 0 saturated carbocycles. The fourth-order valence-corrected chi connectivity index (χ4v) is 5.05. The molecular formula is C20H18F3N3O3S2. The smallest absolute Gasteiger partial charge is 0.352 e. The monoisotopic (exact) mass is 469 g/mol. The molecule has 1 heterocycles. The Bertz CT molecular complexity index is 1150. The average molecular weight is 470 g/mol. The van der Waals surface area contributed by atoms with Gasteiger partial charge in [-0.2, -0.15) is 13.2 Å². The Morgan fingerprint density at radius 3 is 2.35 bits per heavy atom. The molecule has 0 aliphatic heterocycles. The van der Waals surface area contributed by atoms with E-state index in [9.17, 15) is 26.4 Å². The van der Waals surface area contributed by atoms with Gasteiger partial charge in [0.1, 0.15) is 5.01 Å². The van der Waals surface area contributed by atoms with Crippen LogP contribution in [0.25, 0.3) is 11.3 Å². The number of aromatic nitrogens is 1. The van der Waals surface area contributed by atoms with Crippen LogP contribution in [-0.2, 0) is 9.84 Å². The van der Waals surface area contributed by atoms with Crippen LogP contribution in [-0.4, -0.2) is 32.0 Å². The predicted molar refractivity (Wildman–Crippen MR) is 111 cm³/mol. The van der Waals surface area contributed by atoms with Crippen LogP contribution < -0.4 is 11.1 Å². The highest BCUT2D eigenvalue weighted by Crippen LogP contribution is 2.30. The molecule has 1 aromatic heterocycles. The summed E-state index contributed by atoms with van der Waals surface area (Å²) < 4.78 is 61.9. The minimum absolute atomic E-state index is 0.0974. The molecule has 0 saturated heterocycles. The van der Waals surface area contributed by atoms with Gasteiger partial charge in [-0.25, -0.2) is 13.4 Å². The van der Waals surface area contributed by atoms with E-state index in [-0.39, 0.29) is 15.5 Å². The van der Waals surface area contributed by atoms with Crippen molar-refractivity contribution < 1.29 is 26.4 Å². The van der Waals surface area contributed by atoms with E-state index in [1.54, 1.807) is 35.7 Å². The van der Waals surface area contributed by atoms with E-state index in [4.69, 9.17) is 5.73 Å². The Balaban J connectivity index is 1.70. The number of alkyl halides is 3. The lowest BCUT2D eigenvalue weighted by atomic mass is 10.1. The first kappa shape index (κ1) is 22.9. The average Bonchev–Trinajstić information content (AvgIpc) is 3.23. The standard InChI is InChI=1S/C20H18F3N3O3S2/c21-20(22,23)10-11-25-18(27)14-8-6-13(7-9-14)16-12-30-19(26-16)17(24)31(28,29)15-4-2-1-3-5-15/h1-9,12,17H,10-11,24H2,(H,25,27). The van der Waals surface area contributed by atoms with E-state index in [1.165, 1.54) is 24.3 Å². The number of hydrogen-bond acceptors (Lipinski definition) is 6. The van der Waals surface area contributed by atoms with Crippen molar-refractivity contribution in [3.8, 4) is 11.3 Å². The van der Waals surface area contributed by atoms with E-state index in [1.807, 2.05) is 0 Å². The Morgan fingerprint density at radius 1 is 1.10 bits per heavy atom. The zero-order valence-electron chi connectivity index (χ0n) is 16.0. The quantitative estimate of drug-likeness (QED) is 0.546. The van der Waals surface area contributed by atoms with Crippen LogP contribution in [0.1, 0.15) is 27.2 Å². The zero-order chi connectivity index (χ0) is 22.6. The molecular weight excluding hydrogens is 451 g/mol. The van der Waals surface area contributed by atoms with Crippen molar-refractivity contribution in [2.75, 3.05) is 6.54 Å². The van der Waals surface area contributed by atoms with E-state index < -0.39 is 40.3 Å². The molecule has 1 atom stereocenters. The Kier molecular flexibility index (Phi) is 6.77. The fraction of sp³-hybridized carbons (Fsp3) is 0.200. The highest BCUT2D eigenvalue weighted by Gasteiger charge is 2.28. The van der Waals surface area contributed by atoms with Crippen molar-refractivity contribution in [2.45, 2.75) is 22.9 Å². The van der Waals surface area contributed by atoms with Crippen LogP contribution in [0.15, 0.2) is 64.9 Å². The molecule has 6 nitrogen and oxygen atoms in total. The van der Waals surface area contributed by atoms with Crippen molar-refractivity contribution in [3.05, 3.63) is 70.5 Å². The highest BCUT2D eigenvalue weighted by molar-refractivity contribution is 7.91. The first-order chi connectivity index (χ1) is 14.6. The molecule has 1 amide bonds. The fourth-order valence-electron chi connectivity index (χ4n) is 2.65. The summed E-state index contributed by atoms with van der Waals surface area (Å²) in [6.07, 6.45) is -5.45. The van der Waals surface area contributed by atoms with E-state index in [0.29, 0.717) is 11.3 Å². The molecule has 164 valence electrons. The van der Waals surface area contributed by atoms with Crippen LogP contribution in [0.2, 0.25) is 0 Å². The summed E-state index contributed by atoms with van der Waals surface area (Å²) in [5.41, 5.74) is 7.25. The molecule has 3 aromatic rings. The second-order valence-corrected chi connectivity index (χ2v) is 9.51. The van der Waals surface area contributed by atoms with Gasteiger partial charge in [-0.3, -0.25) is 4.79 Å². The maximum absolute atomic E-state index is 12.7. The normalized spacial score (nSPS) is 13.0. The molecule has 0 spiro atoms. The summed E-state index contributed by atoms with van der Waals surface area (Å²) in [5, 5.41) is 2.75. The van der Waals surface area contributed by atoms with Gasteiger partial charge in [-0.15, -0.1) is 11.3 Å². The number of rotatable bonds is 7. The van der Waals surface area contributed by atoms with Gasteiger partial charge in [0.25, 0.3) is 5.91 Å². The third kappa shape index (κ3) is 5.69. The lowest BCUT2D eigenvalue weighted by molar-refractivity contribution is -0.132. The minimum atomic E-state index is -4.34. The van der Waals surface area contributed by atoms with E-state index in [0.717, 1.165) is 11.3 Å². The number of thiazole rings is 1. The summed E-state index contributed by atoms with van der Waals surface area (Å²) >= 11 is 1.10. The van der Waals surface area contributed by atoms with Crippen LogP contribution in [0.4, 0.5) is 13.2 Å². The topological polar surface area (TPSA) is 102 Å². The lowest BCUT2D eigenvalue weighted by Gasteiger charge is -2.10. The molecule has 2 aromatic carbocycles. The minimum Gasteiger partial charge on any atom is -0.352 e.